The lowest BCUT2D eigenvalue weighted by molar-refractivity contribution is -0.127. The third-order valence-electron chi connectivity index (χ3n) is 4.06. The number of carbonyl (C=O) groups excluding carboxylic acids is 3. The number of cyclic esters (lactones) is 1. The van der Waals surface area contributed by atoms with Crippen LogP contribution in [0.5, 0.6) is 0 Å². The summed E-state index contributed by atoms with van der Waals surface area (Å²) in [6.07, 6.45) is -0.307. The number of hydrogen-bond acceptors (Lipinski definition) is 4. The van der Waals surface area contributed by atoms with Gasteiger partial charge in [-0.2, -0.15) is 0 Å². The van der Waals surface area contributed by atoms with Gasteiger partial charge in [-0.1, -0.05) is 12.1 Å². The summed E-state index contributed by atoms with van der Waals surface area (Å²) in [5.74, 6) is -0.333. The van der Waals surface area contributed by atoms with E-state index in [1.54, 1.807) is 18.0 Å². The zero-order valence-corrected chi connectivity index (χ0v) is 12.5. The highest BCUT2D eigenvalue weighted by atomic mass is 16.6. The van der Waals surface area contributed by atoms with E-state index in [0.717, 1.165) is 5.56 Å². The van der Waals surface area contributed by atoms with Crippen molar-refractivity contribution in [2.24, 2.45) is 0 Å². The fourth-order valence-corrected chi connectivity index (χ4v) is 2.88. The quantitative estimate of drug-likeness (QED) is 0.871. The van der Waals surface area contributed by atoms with Crippen molar-refractivity contribution in [3.05, 3.63) is 23.8 Å². The number of nitrogens with one attached hydrogen (secondary N) is 1. The molecule has 1 N–H and O–H groups in total. The molecule has 1 fully saturated rings. The highest BCUT2D eigenvalue weighted by Crippen LogP contribution is 2.38. The van der Waals surface area contributed by atoms with E-state index in [-0.39, 0.29) is 18.4 Å². The maximum absolute atomic E-state index is 12.1. The molecule has 7 heteroatoms. The van der Waals surface area contributed by atoms with Gasteiger partial charge in [0.1, 0.15) is 0 Å². The first-order chi connectivity index (χ1) is 10.5. The fraction of sp³-hybridized carbons (Fsp3) is 0.400. The van der Waals surface area contributed by atoms with Gasteiger partial charge in [0.2, 0.25) is 5.91 Å². The minimum absolute atomic E-state index is 0.00960. The van der Waals surface area contributed by atoms with Crippen molar-refractivity contribution in [3.8, 4) is 0 Å². The van der Waals surface area contributed by atoms with Gasteiger partial charge in [0.15, 0.2) is 6.10 Å². The van der Waals surface area contributed by atoms with Gasteiger partial charge in [-0.3, -0.25) is 14.5 Å². The second-order valence-electron chi connectivity index (χ2n) is 5.33. The van der Waals surface area contributed by atoms with Crippen molar-refractivity contribution in [2.45, 2.75) is 18.9 Å². The Morgan fingerprint density at radius 1 is 1.32 bits per heavy atom. The number of carbonyl (C=O) groups is 3. The number of likely N-dealkylation sites (N-methyl/N-ethyl adjacent to an activating group) is 1. The molecule has 1 aromatic rings. The van der Waals surface area contributed by atoms with Crippen LogP contribution in [0.3, 0.4) is 0 Å². The van der Waals surface area contributed by atoms with E-state index < -0.39 is 12.2 Å². The van der Waals surface area contributed by atoms with Gasteiger partial charge in [-0.25, -0.2) is 4.79 Å². The second-order valence-corrected chi connectivity index (χ2v) is 5.33. The van der Waals surface area contributed by atoms with E-state index in [9.17, 15) is 14.4 Å². The van der Waals surface area contributed by atoms with Crippen LogP contribution in [0.2, 0.25) is 0 Å². The lowest BCUT2D eigenvalue weighted by atomic mass is 10.00. The minimum atomic E-state index is -0.835. The van der Waals surface area contributed by atoms with Crippen LogP contribution in [0.25, 0.3) is 0 Å². The second kappa shape index (κ2) is 5.32. The van der Waals surface area contributed by atoms with Crippen molar-refractivity contribution in [3.63, 3.8) is 0 Å². The van der Waals surface area contributed by atoms with Gasteiger partial charge < -0.3 is 15.0 Å². The Morgan fingerprint density at radius 3 is 2.82 bits per heavy atom. The fourth-order valence-electron chi connectivity index (χ4n) is 2.88. The molecule has 0 unspecified atom stereocenters. The number of amides is 3. The van der Waals surface area contributed by atoms with Gasteiger partial charge in [-0.05, 0) is 18.1 Å². The molecule has 3 amide bonds. The summed E-state index contributed by atoms with van der Waals surface area (Å²) in [4.78, 5) is 38.7. The molecule has 0 bridgehead atoms. The van der Waals surface area contributed by atoms with Gasteiger partial charge >= 0.3 is 6.09 Å². The Bertz CT molecular complexity index is 658. The number of anilines is 2. The van der Waals surface area contributed by atoms with E-state index in [2.05, 4.69) is 5.32 Å². The van der Waals surface area contributed by atoms with Crippen LogP contribution in [-0.2, 0) is 20.7 Å². The zero-order valence-electron chi connectivity index (χ0n) is 12.5. The van der Waals surface area contributed by atoms with Crippen LogP contribution >= 0.6 is 0 Å². The Balaban J connectivity index is 1.98. The maximum atomic E-state index is 12.1. The molecule has 0 saturated carbocycles. The number of aryl methyl sites for hydroxylation is 1. The van der Waals surface area contributed by atoms with E-state index >= 15 is 0 Å². The van der Waals surface area contributed by atoms with E-state index in [4.69, 9.17) is 4.74 Å². The first kappa shape index (κ1) is 14.4. The summed E-state index contributed by atoms with van der Waals surface area (Å²) in [7, 11) is 3.19. The minimum Gasteiger partial charge on any atom is -0.434 e. The average Bonchev–Trinajstić information content (AvgIpc) is 2.91. The number of para-hydroxylation sites is 1. The van der Waals surface area contributed by atoms with Crippen LogP contribution < -0.4 is 15.1 Å². The van der Waals surface area contributed by atoms with Crippen molar-refractivity contribution >= 4 is 29.3 Å². The molecule has 2 aliphatic heterocycles. The lowest BCUT2D eigenvalue weighted by Crippen LogP contribution is -2.36. The third-order valence-corrected chi connectivity index (χ3v) is 4.06. The molecule has 0 aromatic heterocycles. The molecule has 2 aliphatic rings. The van der Waals surface area contributed by atoms with Gasteiger partial charge in [0.25, 0.3) is 5.91 Å². The van der Waals surface area contributed by atoms with Gasteiger partial charge in [-0.15, -0.1) is 0 Å². The Hall–Kier alpha value is -2.57. The van der Waals surface area contributed by atoms with Crippen molar-refractivity contribution < 1.29 is 19.1 Å². The molecule has 1 atom stereocenters. The smallest absolute Gasteiger partial charge is 0.415 e. The third kappa shape index (κ3) is 2.18. The Kier molecular flexibility index (Phi) is 3.48. The predicted molar refractivity (Wildman–Crippen MR) is 79.9 cm³/mol. The first-order valence-corrected chi connectivity index (χ1v) is 7.11. The number of hydrogen-bond donors (Lipinski definition) is 1. The number of rotatable bonds is 2. The molecule has 1 aromatic carbocycles. The number of ether oxygens (including phenoxy) is 1. The molecule has 116 valence electrons. The van der Waals surface area contributed by atoms with Gasteiger partial charge in [0, 0.05) is 20.5 Å². The maximum Gasteiger partial charge on any atom is 0.415 e. The van der Waals surface area contributed by atoms with Crippen LogP contribution in [-0.4, -0.2) is 44.7 Å². The molecule has 2 heterocycles. The molecule has 7 nitrogen and oxygen atoms in total. The largest absolute Gasteiger partial charge is 0.434 e. The van der Waals surface area contributed by atoms with E-state index in [1.165, 1.54) is 11.9 Å². The van der Waals surface area contributed by atoms with Crippen molar-refractivity contribution in [2.75, 3.05) is 30.4 Å². The first-order valence-electron chi connectivity index (χ1n) is 7.11. The average molecular weight is 303 g/mol. The SMILES string of the molecule is CNC(=O)[C@H]1CN(c2cccc3c2N(C)C(=O)CC3)C(=O)O1. The van der Waals surface area contributed by atoms with Crippen molar-refractivity contribution in [1.29, 1.82) is 0 Å². The zero-order chi connectivity index (χ0) is 15.9. The van der Waals surface area contributed by atoms with Crippen molar-refractivity contribution in [1.82, 2.24) is 5.32 Å². The normalized spacial score (nSPS) is 20.7. The Labute approximate surface area is 127 Å². The summed E-state index contributed by atoms with van der Waals surface area (Å²) >= 11 is 0. The summed E-state index contributed by atoms with van der Waals surface area (Å²) < 4.78 is 5.11. The summed E-state index contributed by atoms with van der Waals surface area (Å²) in [6.45, 7) is 0.136. The number of fused-ring (bicyclic) bond motifs is 1. The van der Waals surface area contributed by atoms with Gasteiger partial charge in [0.05, 0.1) is 17.9 Å². The van der Waals surface area contributed by atoms with Crippen LogP contribution in [0.1, 0.15) is 12.0 Å². The molecule has 22 heavy (non-hydrogen) atoms. The molecule has 1 saturated heterocycles. The molecule has 0 aliphatic carbocycles. The lowest BCUT2D eigenvalue weighted by Gasteiger charge is -2.30. The molecule has 0 radical (unpaired) electrons. The highest BCUT2D eigenvalue weighted by Gasteiger charge is 2.39. The predicted octanol–water partition coefficient (Wildman–Crippen LogP) is 0.667. The summed E-state index contributed by atoms with van der Waals surface area (Å²) in [6, 6.07) is 5.55. The van der Waals surface area contributed by atoms with E-state index in [0.29, 0.717) is 24.2 Å². The molecule has 3 rings (SSSR count). The molecular formula is C15H17N3O4. The van der Waals surface area contributed by atoms with Crippen LogP contribution in [0.4, 0.5) is 16.2 Å². The molecular weight excluding hydrogens is 286 g/mol. The summed E-state index contributed by atoms with van der Waals surface area (Å²) in [5.41, 5.74) is 2.33. The van der Waals surface area contributed by atoms with Crippen LogP contribution in [0, 0.1) is 0 Å². The number of benzene rings is 1. The Morgan fingerprint density at radius 2 is 2.09 bits per heavy atom. The molecule has 0 spiro atoms. The highest BCUT2D eigenvalue weighted by molar-refractivity contribution is 6.04. The van der Waals surface area contributed by atoms with E-state index in [1.807, 2.05) is 12.1 Å². The standard InChI is InChI=1S/C15H17N3O4/c1-16-14(20)11-8-18(15(21)22-11)10-5-3-4-9-6-7-12(19)17(2)13(9)10/h3-5,11H,6-8H2,1-2H3,(H,16,20)/t11-/m1/s1. The number of nitrogens with zero attached hydrogens (tertiary/aromatic N) is 2. The summed E-state index contributed by atoms with van der Waals surface area (Å²) in [5, 5.41) is 2.47. The monoisotopic (exact) mass is 303 g/mol. The topological polar surface area (TPSA) is 79.0 Å². The van der Waals surface area contributed by atoms with Crippen LogP contribution in [0.15, 0.2) is 18.2 Å².